The third-order valence-electron chi connectivity index (χ3n) is 3.81. The number of nitrogens with one attached hydrogen (secondary N) is 1. The second-order valence-corrected chi connectivity index (χ2v) is 6.41. The van der Waals surface area contributed by atoms with Crippen molar-refractivity contribution in [2.75, 3.05) is 12.3 Å². The van der Waals surface area contributed by atoms with E-state index in [9.17, 15) is 0 Å². The van der Waals surface area contributed by atoms with Crippen molar-refractivity contribution in [2.45, 2.75) is 50.0 Å². The van der Waals surface area contributed by atoms with E-state index in [1.807, 2.05) is 11.8 Å². The summed E-state index contributed by atoms with van der Waals surface area (Å²) in [7, 11) is 0. The molecular formula is C16H25NS. The van der Waals surface area contributed by atoms with E-state index in [1.165, 1.54) is 42.8 Å². The van der Waals surface area contributed by atoms with Crippen molar-refractivity contribution in [2.24, 2.45) is 5.92 Å². The lowest BCUT2D eigenvalue weighted by atomic mass is 9.84. The molecule has 0 saturated heterocycles. The average Bonchev–Trinajstić information content (AvgIpc) is 2.41. The number of hydrogen-bond donors (Lipinski definition) is 1. The minimum atomic E-state index is 0.787. The number of rotatable bonds is 6. The lowest BCUT2D eigenvalue weighted by Gasteiger charge is -2.29. The van der Waals surface area contributed by atoms with Crippen LogP contribution in [0.1, 0.15) is 39.0 Å². The molecule has 0 amide bonds. The molecular weight excluding hydrogens is 238 g/mol. The van der Waals surface area contributed by atoms with Gasteiger partial charge in [0.2, 0.25) is 0 Å². The van der Waals surface area contributed by atoms with Gasteiger partial charge < -0.3 is 5.32 Å². The Labute approximate surface area is 116 Å². The molecule has 2 heteroatoms. The van der Waals surface area contributed by atoms with Crippen molar-refractivity contribution in [3.63, 3.8) is 0 Å². The van der Waals surface area contributed by atoms with Crippen LogP contribution in [0.5, 0.6) is 0 Å². The molecule has 1 aliphatic rings. The molecule has 0 aromatic heterocycles. The molecule has 1 N–H and O–H groups in total. The van der Waals surface area contributed by atoms with Crippen LogP contribution >= 0.6 is 11.8 Å². The van der Waals surface area contributed by atoms with Crippen molar-refractivity contribution < 1.29 is 0 Å². The van der Waals surface area contributed by atoms with E-state index in [-0.39, 0.29) is 0 Å². The number of thioether (sulfide) groups is 1. The first-order valence-corrected chi connectivity index (χ1v) is 8.28. The zero-order chi connectivity index (χ0) is 12.6. The summed E-state index contributed by atoms with van der Waals surface area (Å²) in [5, 5.41) is 3.62. The first kappa shape index (κ1) is 14.0. The summed E-state index contributed by atoms with van der Waals surface area (Å²) >= 11 is 2.01. The standard InChI is InChI=1S/C16H25NS/c1-2-17-15-8-6-7-14(13-15)11-12-18-16-9-4-3-5-10-16/h3-5,9-10,14-15,17H,2,6-8,11-13H2,1H3. The van der Waals surface area contributed by atoms with Gasteiger partial charge in [0.05, 0.1) is 0 Å². The van der Waals surface area contributed by atoms with Gasteiger partial charge in [-0.3, -0.25) is 0 Å². The highest BCUT2D eigenvalue weighted by atomic mass is 32.2. The van der Waals surface area contributed by atoms with Crippen LogP contribution in [0, 0.1) is 5.92 Å². The Bertz CT molecular complexity index is 323. The van der Waals surface area contributed by atoms with Gasteiger partial charge in [0, 0.05) is 10.9 Å². The third kappa shape index (κ3) is 4.66. The first-order valence-electron chi connectivity index (χ1n) is 7.29. The van der Waals surface area contributed by atoms with E-state index in [0.717, 1.165) is 18.5 Å². The molecule has 2 rings (SSSR count). The fourth-order valence-corrected chi connectivity index (χ4v) is 3.92. The Kier molecular flexibility index (Phi) is 6.09. The van der Waals surface area contributed by atoms with Gasteiger partial charge in [-0.25, -0.2) is 0 Å². The molecule has 18 heavy (non-hydrogen) atoms. The zero-order valence-corrected chi connectivity index (χ0v) is 12.2. The Balaban J connectivity index is 1.67. The van der Waals surface area contributed by atoms with Crippen LogP contribution in [0.3, 0.4) is 0 Å². The van der Waals surface area contributed by atoms with Gasteiger partial charge in [-0.2, -0.15) is 0 Å². The summed E-state index contributed by atoms with van der Waals surface area (Å²) in [5.41, 5.74) is 0. The molecule has 1 aromatic carbocycles. The van der Waals surface area contributed by atoms with Gasteiger partial charge in [0.15, 0.2) is 0 Å². The molecule has 1 saturated carbocycles. The molecule has 2 atom stereocenters. The minimum absolute atomic E-state index is 0.787. The summed E-state index contributed by atoms with van der Waals surface area (Å²) in [5.74, 6) is 2.21. The maximum Gasteiger partial charge on any atom is 0.00719 e. The molecule has 100 valence electrons. The van der Waals surface area contributed by atoms with Gasteiger partial charge in [-0.15, -0.1) is 11.8 Å². The molecule has 0 heterocycles. The van der Waals surface area contributed by atoms with Crippen LogP contribution in [-0.4, -0.2) is 18.3 Å². The molecule has 0 spiro atoms. The highest BCUT2D eigenvalue weighted by Gasteiger charge is 2.20. The van der Waals surface area contributed by atoms with Crippen molar-refractivity contribution in [1.29, 1.82) is 0 Å². The van der Waals surface area contributed by atoms with Crippen LogP contribution in [0.2, 0.25) is 0 Å². The Hall–Kier alpha value is -0.470. The summed E-state index contributed by atoms with van der Waals surface area (Å²) in [6, 6.07) is 11.6. The van der Waals surface area contributed by atoms with Crippen LogP contribution in [0.4, 0.5) is 0 Å². The highest BCUT2D eigenvalue weighted by molar-refractivity contribution is 7.99. The van der Waals surface area contributed by atoms with Crippen molar-refractivity contribution in [3.05, 3.63) is 30.3 Å². The molecule has 0 aliphatic heterocycles. The summed E-state index contributed by atoms with van der Waals surface area (Å²) in [6.07, 6.45) is 7.01. The zero-order valence-electron chi connectivity index (χ0n) is 11.4. The Morgan fingerprint density at radius 3 is 2.83 bits per heavy atom. The van der Waals surface area contributed by atoms with Gasteiger partial charge in [0.25, 0.3) is 0 Å². The van der Waals surface area contributed by atoms with Crippen LogP contribution < -0.4 is 5.32 Å². The summed E-state index contributed by atoms with van der Waals surface area (Å²) in [4.78, 5) is 1.41. The fourth-order valence-electron chi connectivity index (χ4n) is 2.89. The highest BCUT2D eigenvalue weighted by Crippen LogP contribution is 2.29. The van der Waals surface area contributed by atoms with Crippen molar-refractivity contribution >= 4 is 11.8 Å². The van der Waals surface area contributed by atoms with E-state index in [4.69, 9.17) is 0 Å². The van der Waals surface area contributed by atoms with Crippen molar-refractivity contribution in [3.8, 4) is 0 Å². The second-order valence-electron chi connectivity index (χ2n) is 5.24. The largest absolute Gasteiger partial charge is 0.314 e. The van der Waals surface area contributed by atoms with E-state index in [0.29, 0.717) is 0 Å². The average molecular weight is 263 g/mol. The van der Waals surface area contributed by atoms with Gasteiger partial charge in [0.1, 0.15) is 0 Å². The molecule has 0 bridgehead atoms. The van der Waals surface area contributed by atoms with E-state index in [1.54, 1.807) is 0 Å². The minimum Gasteiger partial charge on any atom is -0.314 e. The number of benzene rings is 1. The van der Waals surface area contributed by atoms with Crippen molar-refractivity contribution in [1.82, 2.24) is 5.32 Å². The quantitative estimate of drug-likeness (QED) is 0.766. The fraction of sp³-hybridized carbons (Fsp3) is 0.625. The van der Waals surface area contributed by atoms with E-state index < -0.39 is 0 Å². The molecule has 1 aliphatic carbocycles. The summed E-state index contributed by atoms with van der Waals surface area (Å²) < 4.78 is 0. The SMILES string of the molecule is CCNC1CCCC(CCSc2ccccc2)C1. The van der Waals surface area contributed by atoms with E-state index >= 15 is 0 Å². The maximum atomic E-state index is 3.62. The van der Waals surface area contributed by atoms with Gasteiger partial charge in [-0.05, 0) is 49.6 Å². The monoisotopic (exact) mass is 263 g/mol. The maximum absolute atomic E-state index is 3.62. The second kappa shape index (κ2) is 7.85. The predicted molar refractivity (Wildman–Crippen MR) is 81.2 cm³/mol. The third-order valence-corrected chi connectivity index (χ3v) is 4.86. The molecule has 1 nitrogen and oxygen atoms in total. The van der Waals surface area contributed by atoms with Crippen LogP contribution in [0.25, 0.3) is 0 Å². The van der Waals surface area contributed by atoms with Crippen LogP contribution in [0.15, 0.2) is 35.2 Å². The lowest BCUT2D eigenvalue weighted by molar-refractivity contribution is 0.284. The lowest BCUT2D eigenvalue weighted by Crippen LogP contribution is -2.34. The molecule has 1 fully saturated rings. The normalized spacial score (nSPS) is 24.1. The molecule has 1 aromatic rings. The van der Waals surface area contributed by atoms with Crippen LogP contribution in [-0.2, 0) is 0 Å². The number of hydrogen-bond acceptors (Lipinski definition) is 2. The van der Waals surface area contributed by atoms with E-state index in [2.05, 4.69) is 42.6 Å². The smallest absolute Gasteiger partial charge is 0.00719 e. The topological polar surface area (TPSA) is 12.0 Å². The predicted octanol–water partition coefficient (Wildman–Crippen LogP) is 4.34. The first-order chi connectivity index (χ1) is 8.88. The Morgan fingerprint density at radius 2 is 2.06 bits per heavy atom. The molecule has 2 unspecified atom stereocenters. The van der Waals surface area contributed by atoms with Gasteiger partial charge >= 0.3 is 0 Å². The molecule has 0 radical (unpaired) electrons. The van der Waals surface area contributed by atoms with Gasteiger partial charge in [-0.1, -0.05) is 38.0 Å². The summed E-state index contributed by atoms with van der Waals surface area (Å²) in [6.45, 7) is 3.34. The Morgan fingerprint density at radius 1 is 1.22 bits per heavy atom.